The summed E-state index contributed by atoms with van der Waals surface area (Å²) in [6.45, 7) is 5.43. The van der Waals surface area contributed by atoms with E-state index in [1.54, 1.807) is 0 Å². The van der Waals surface area contributed by atoms with E-state index in [0.717, 1.165) is 32.7 Å². The van der Waals surface area contributed by atoms with Crippen molar-refractivity contribution in [3.05, 3.63) is 0 Å². The van der Waals surface area contributed by atoms with Gasteiger partial charge in [-0.05, 0) is 7.05 Å². The van der Waals surface area contributed by atoms with E-state index in [9.17, 15) is 0 Å². The molecule has 0 atom stereocenters. The lowest BCUT2D eigenvalue weighted by molar-refractivity contribution is 0.180. The Morgan fingerprint density at radius 2 is 1.83 bits per heavy atom. The van der Waals surface area contributed by atoms with Crippen LogP contribution in [0.2, 0.25) is 0 Å². The van der Waals surface area contributed by atoms with Crippen molar-refractivity contribution < 1.29 is 5.11 Å². The molecule has 0 aromatic carbocycles. The summed E-state index contributed by atoms with van der Waals surface area (Å²) in [6, 6.07) is 0. The largest absolute Gasteiger partial charge is 0.395 e. The molecular weight excluding hydrogens is 178 g/mol. The van der Waals surface area contributed by atoms with Crippen LogP contribution in [0.15, 0.2) is 0 Å². The summed E-state index contributed by atoms with van der Waals surface area (Å²) >= 11 is 0. The van der Waals surface area contributed by atoms with Crippen LogP contribution in [0.25, 0.3) is 0 Å². The van der Waals surface area contributed by atoms with Crippen molar-refractivity contribution in [1.82, 2.24) is 10.2 Å². The molecule has 4 N–H and O–H groups in total. The van der Waals surface area contributed by atoms with Crippen LogP contribution in [-0.2, 0) is 0 Å². The molecule has 0 saturated carbocycles. The van der Waals surface area contributed by atoms with Crippen molar-refractivity contribution in [3.8, 4) is 0 Å². The lowest BCUT2D eigenvalue weighted by Gasteiger charge is -2.25. The zero-order valence-corrected chi connectivity index (χ0v) is 8.44. The molecule has 0 aromatic rings. The number of nitrogens with one attached hydrogen (secondary N) is 1. The van der Waals surface area contributed by atoms with Crippen LogP contribution in [0, 0.1) is 0 Å². The van der Waals surface area contributed by atoms with E-state index < -0.39 is 0 Å². The number of β-amino-alcohol motifs (C(OH)–C–C–N with tert-alkyl or cyclic N) is 1. The van der Waals surface area contributed by atoms with Crippen molar-refractivity contribution in [3.63, 3.8) is 0 Å². The van der Waals surface area contributed by atoms with Crippen LogP contribution < -0.4 is 11.1 Å². The quantitative estimate of drug-likeness (QED) is 0.525. The highest BCUT2D eigenvalue weighted by molar-refractivity contribution is 5.85. The number of nitrogens with zero attached hydrogens (tertiary/aromatic N) is 1. The van der Waals surface area contributed by atoms with Gasteiger partial charge < -0.3 is 16.2 Å². The van der Waals surface area contributed by atoms with E-state index in [1.165, 1.54) is 7.05 Å². The van der Waals surface area contributed by atoms with Gasteiger partial charge in [-0.15, -0.1) is 12.4 Å². The standard InChI is InChI=1S/C6H14N2O.CH5N.ClH/c9-6-5-8-3-1-7-2-4-8;1-2;/h7,9H,1-6H2;2H2,1H3;1H. The van der Waals surface area contributed by atoms with Crippen LogP contribution in [0.3, 0.4) is 0 Å². The number of hydrogen-bond donors (Lipinski definition) is 3. The molecule has 5 heteroatoms. The lowest BCUT2D eigenvalue weighted by atomic mass is 10.4. The van der Waals surface area contributed by atoms with E-state index in [0.29, 0.717) is 6.61 Å². The van der Waals surface area contributed by atoms with Gasteiger partial charge in [0.15, 0.2) is 0 Å². The lowest BCUT2D eigenvalue weighted by Crippen LogP contribution is -2.44. The highest BCUT2D eigenvalue weighted by atomic mass is 35.5. The molecule has 1 aliphatic heterocycles. The van der Waals surface area contributed by atoms with Gasteiger partial charge in [0.25, 0.3) is 0 Å². The molecule has 76 valence electrons. The molecule has 0 bridgehead atoms. The Morgan fingerprint density at radius 1 is 1.33 bits per heavy atom. The first-order valence-electron chi connectivity index (χ1n) is 4.05. The predicted octanol–water partition coefficient (Wildman–Crippen LogP) is -1.12. The van der Waals surface area contributed by atoms with Crippen molar-refractivity contribution in [2.24, 2.45) is 5.73 Å². The van der Waals surface area contributed by atoms with E-state index in [-0.39, 0.29) is 12.4 Å². The van der Waals surface area contributed by atoms with Crippen molar-refractivity contribution in [2.45, 2.75) is 0 Å². The third kappa shape index (κ3) is 6.82. The second-order valence-corrected chi connectivity index (χ2v) is 2.32. The third-order valence-electron chi connectivity index (χ3n) is 1.63. The molecule has 4 nitrogen and oxygen atoms in total. The fraction of sp³-hybridized carbons (Fsp3) is 1.00. The molecule has 1 aliphatic rings. The van der Waals surface area contributed by atoms with Crippen LogP contribution in [0.5, 0.6) is 0 Å². The first kappa shape index (κ1) is 14.6. The van der Waals surface area contributed by atoms with Gasteiger partial charge >= 0.3 is 0 Å². The summed E-state index contributed by atoms with van der Waals surface area (Å²) in [5.41, 5.74) is 4.50. The number of piperazine rings is 1. The first-order valence-corrected chi connectivity index (χ1v) is 4.05. The summed E-state index contributed by atoms with van der Waals surface area (Å²) in [5.74, 6) is 0. The molecular formula is C7H20ClN3O. The number of aliphatic hydroxyl groups is 1. The Balaban J connectivity index is 0. The minimum absolute atomic E-state index is 0. The van der Waals surface area contributed by atoms with Gasteiger partial charge in [0, 0.05) is 32.7 Å². The average Bonchev–Trinajstić information content (AvgIpc) is 2.11. The highest BCUT2D eigenvalue weighted by Crippen LogP contribution is 1.88. The summed E-state index contributed by atoms with van der Waals surface area (Å²) < 4.78 is 0. The highest BCUT2D eigenvalue weighted by Gasteiger charge is 2.06. The Kier molecular flexibility index (Phi) is 13.6. The first-order chi connectivity index (χ1) is 5.43. The van der Waals surface area contributed by atoms with E-state index in [2.05, 4.69) is 16.0 Å². The topological polar surface area (TPSA) is 61.5 Å². The molecule has 1 fully saturated rings. The Labute approximate surface area is 80.5 Å². The summed E-state index contributed by atoms with van der Waals surface area (Å²) in [4.78, 5) is 2.26. The van der Waals surface area contributed by atoms with E-state index in [1.807, 2.05) is 0 Å². The molecule has 0 aliphatic carbocycles. The van der Waals surface area contributed by atoms with Crippen LogP contribution >= 0.6 is 12.4 Å². The zero-order chi connectivity index (χ0) is 8.53. The van der Waals surface area contributed by atoms with Gasteiger partial charge in [0.2, 0.25) is 0 Å². The molecule has 1 saturated heterocycles. The predicted molar refractivity (Wildman–Crippen MR) is 53.8 cm³/mol. The zero-order valence-electron chi connectivity index (χ0n) is 7.62. The second-order valence-electron chi connectivity index (χ2n) is 2.32. The van der Waals surface area contributed by atoms with Gasteiger partial charge in [-0.25, -0.2) is 0 Å². The normalized spacial score (nSPS) is 17.2. The number of rotatable bonds is 2. The Morgan fingerprint density at radius 3 is 2.25 bits per heavy atom. The van der Waals surface area contributed by atoms with Crippen molar-refractivity contribution >= 4 is 12.4 Å². The molecule has 1 heterocycles. The maximum absolute atomic E-state index is 8.56. The number of aliphatic hydroxyl groups excluding tert-OH is 1. The van der Waals surface area contributed by atoms with Gasteiger partial charge in [-0.1, -0.05) is 0 Å². The fourth-order valence-electron chi connectivity index (χ4n) is 1.08. The molecule has 1 rings (SSSR count). The summed E-state index contributed by atoms with van der Waals surface area (Å²) in [5, 5.41) is 11.8. The van der Waals surface area contributed by atoms with Crippen LogP contribution in [0.1, 0.15) is 0 Å². The minimum Gasteiger partial charge on any atom is -0.395 e. The van der Waals surface area contributed by atoms with Crippen LogP contribution in [0.4, 0.5) is 0 Å². The molecule has 12 heavy (non-hydrogen) atoms. The maximum atomic E-state index is 8.56. The van der Waals surface area contributed by atoms with Gasteiger partial charge in [-0.2, -0.15) is 0 Å². The average molecular weight is 198 g/mol. The van der Waals surface area contributed by atoms with Gasteiger partial charge in [-0.3, -0.25) is 4.90 Å². The van der Waals surface area contributed by atoms with Gasteiger partial charge in [0.1, 0.15) is 0 Å². The molecule has 0 spiro atoms. The fourth-order valence-corrected chi connectivity index (χ4v) is 1.08. The molecule has 0 unspecified atom stereocenters. The Bertz CT molecular complexity index is 76.3. The summed E-state index contributed by atoms with van der Waals surface area (Å²) in [7, 11) is 1.50. The second kappa shape index (κ2) is 11.1. The van der Waals surface area contributed by atoms with Crippen molar-refractivity contribution in [1.29, 1.82) is 0 Å². The van der Waals surface area contributed by atoms with E-state index in [4.69, 9.17) is 5.11 Å². The third-order valence-corrected chi connectivity index (χ3v) is 1.63. The molecule has 0 radical (unpaired) electrons. The number of hydrogen-bond acceptors (Lipinski definition) is 4. The van der Waals surface area contributed by atoms with Crippen LogP contribution in [-0.4, -0.2) is 56.4 Å². The maximum Gasteiger partial charge on any atom is 0.0558 e. The Hall–Kier alpha value is 0.130. The van der Waals surface area contributed by atoms with Gasteiger partial charge in [0.05, 0.1) is 6.61 Å². The SMILES string of the molecule is CN.Cl.OCCN1CCNCC1. The minimum atomic E-state index is 0. The number of halogens is 1. The smallest absolute Gasteiger partial charge is 0.0558 e. The molecule has 0 aromatic heterocycles. The van der Waals surface area contributed by atoms with E-state index >= 15 is 0 Å². The molecule has 0 amide bonds. The summed E-state index contributed by atoms with van der Waals surface area (Å²) in [6.07, 6.45) is 0. The van der Waals surface area contributed by atoms with Crippen molar-refractivity contribution in [2.75, 3.05) is 46.4 Å². The monoisotopic (exact) mass is 197 g/mol. The number of nitrogens with two attached hydrogens (primary N) is 1.